The van der Waals surface area contributed by atoms with Crippen LogP contribution in [0.5, 0.6) is 5.75 Å². The minimum Gasteiger partial charge on any atom is -0.489 e. The summed E-state index contributed by atoms with van der Waals surface area (Å²) in [4.78, 5) is 24.7. The smallest absolute Gasteiger partial charge is 0.333 e. The summed E-state index contributed by atoms with van der Waals surface area (Å²) in [5.74, 6) is -0.0877. The van der Waals surface area contributed by atoms with Crippen LogP contribution in [0.3, 0.4) is 0 Å². The highest BCUT2D eigenvalue weighted by Crippen LogP contribution is 2.16. The highest BCUT2D eigenvalue weighted by Gasteiger charge is 2.23. The van der Waals surface area contributed by atoms with Crippen molar-refractivity contribution in [3.05, 3.63) is 102 Å². The number of hydrogen-bond acceptors (Lipinski definition) is 4. The number of hydrogen-bond donors (Lipinski definition) is 1. The number of carbonyl (C=O) groups excluding carboxylic acids is 2. The van der Waals surface area contributed by atoms with Crippen molar-refractivity contribution in [2.45, 2.75) is 12.6 Å². The van der Waals surface area contributed by atoms with Gasteiger partial charge in [0.05, 0.1) is 7.11 Å². The predicted octanol–water partition coefficient (Wildman–Crippen LogP) is 3.91. The van der Waals surface area contributed by atoms with Gasteiger partial charge in [0, 0.05) is 5.56 Å². The van der Waals surface area contributed by atoms with Crippen molar-refractivity contribution in [2.75, 3.05) is 7.11 Å². The monoisotopic (exact) mass is 375 g/mol. The third-order valence-corrected chi connectivity index (χ3v) is 4.21. The fraction of sp³-hybridized carbons (Fsp3) is 0.130. The first kappa shape index (κ1) is 19.2. The number of para-hydroxylation sites is 1. The van der Waals surface area contributed by atoms with E-state index in [4.69, 9.17) is 9.47 Å². The maximum atomic E-state index is 12.6. The quantitative estimate of drug-likeness (QED) is 0.636. The molecular formula is C23H21NO4. The Morgan fingerprint density at radius 2 is 1.46 bits per heavy atom. The van der Waals surface area contributed by atoms with Gasteiger partial charge in [0.1, 0.15) is 12.4 Å². The van der Waals surface area contributed by atoms with E-state index in [2.05, 4.69) is 5.32 Å². The van der Waals surface area contributed by atoms with E-state index in [1.165, 1.54) is 7.11 Å². The molecule has 5 nitrogen and oxygen atoms in total. The molecule has 1 amide bonds. The number of ether oxygens (including phenoxy) is 2. The van der Waals surface area contributed by atoms with Crippen molar-refractivity contribution in [1.82, 2.24) is 5.32 Å². The van der Waals surface area contributed by atoms with E-state index in [1.807, 2.05) is 48.5 Å². The van der Waals surface area contributed by atoms with Crippen LogP contribution in [0.4, 0.5) is 0 Å². The first-order valence-electron chi connectivity index (χ1n) is 8.88. The summed E-state index contributed by atoms with van der Waals surface area (Å²) in [6.45, 7) is 0.403. The highest BCUT2D eigenvalue weighted by molar-refractivity contribution is 5.97. The molecule has 3 aromatic rings. The second-order valence-electron chi connectivity index (χ2n) is 6.14. The van der Waals surface area contributed by atoms with Crippen molar-refractivity contribution in [1.29, 1.82) is 0 Å². The van der Waals surface area contributed by atoms with Crippen LogP contribution in [0.1, 0.15) is 27.5 Å². The lowest BCUT2D eigenvalue weighted by atomic mass is 10.1. The number of rotatable bonds is 7. The van der Waals surface area contributed by atoms with Gasteiger partial charge in [-0.25, -0.2) is 4.79 Å². The van der Waals surface area contributed by atoms with Crippen LogP contribution in [0.2, 0.25) is 0 Å². The molecule has 0 bridgehead atoms. The fourth-order valence-corrected chi connectivity index (χ4v) is 2.69. The van der Waals surface area contributed by atoms with E-state index in [1.54, 1.807) is 36.4 Å². The topological polar surface area (TPSA) is 64.6 Å². The number of carbonyl (C=O) groups is 2. The molecule has 3 rings (SSSR count). The molecule has 0 aliphatic carbocycles. The fourth-order valence-electron chi connectivity index (χ4n) is 2.69. The largest absolute Gasteiger partial charge is 0.489 e. The number of esters is 1. The van der Waals surface area contributed by atoms with E-state index in [0.29, 0.717) is 17.7 Å². The van der Waals surface area contributed by atoms with Gasteiger partial charge in [-0.05, 0) is 35.4 Å². The average molecular weight is 375 g/mol. The zero-order valence-electron chi connectivity index (χ0n) is 15.5. The Balaban J connectivity index is 1.65. The van der Waals surface area contributed by atoms with Crippen molar-refractivity contribution >= 4 is 11.9 Å². The van der Waals surface area contributed by atoms with Gasteiger partial charge in [-0.15, -0.1) is 0 Å². The molecule has 5 heteroatoms. The molecule has 0 radical (unpaired) electrons. The van der Waals surface area contributed by atoms with E-state index < -0.39 is 12.0 Å². The molecule has 0 saturated carbocycles. The van der Waals surface area contributed by atoms with Gasteiger partial charge >= 0.3 is 5.97 Å². The zero-order chi connectivity index (χ0) is 19.8. The van der Waals surface area contributed by atoms with Crippen LogP contribution in [-0.4, -0.2) is 19.0 Å². The van der Waals surface area contributed by atoms with Crippen LogP contribution in [0.15, 0.2) is 84.9 Å². The number of amides is 1. The molecule has 0 saturated heterocycles. The van der Waals surface area contributed by atoms with E-state index in [9.17, 15) is 9.59 Å². The van der Waals surface area contributed by atoms with Gasteiger partial charge in [0.25, 0.3) is 5.91 Å². The Hall–Kier alpha value is -3.60. The second kappa shape index (κ2) is 9.37. The van der Waals surface area contributed by atoms with Gasteiger partial charge in [-0.1, -0.05) is 60.7 Å². The summed E-state index contributed by atoms with van der Waals surface area (Å²) in [5.41, 5.74) is 2.05. The van der Waals surface area contributed by atoms with Crippen LogP contribution < -0.4 is 10.1 Å². The minimum absolute atomic E-state index is 0.352. The summed E-state index contributed by atoms with van der Waals surface area (Å²) >= 11 is 0. The summed E-state index contributed by atoms with van der Waals surface area (Å²) < 4.78 is 10.5. The predicted molar refractivity (Wildman–Crippen MR) is 106 cm³/mol. The number of methoxy groups -OCH3 is 1. The van der Waals surface area contributed by atoms with Crippen LogP contribution >= 0.6 is 0 Å². The SMILES string of the molecule is COC(=O)C(NC(=O)c1ccc(COc2ccccc2)cc1)c1ccccc1. The molecule has 0 aliphatic heterocycles. The Morgan fingerprint density at radius 1 is 0.857 bits per heavy atom. The molecular weight excluding hydrogens is 354 g/mol. The van der Waals surface area contributed by atoms with Crippen molar-refractivity contribution in [2.24, 2.45) is 0 Å². The molecule has 142 valence electrons. The van der Waals surface area contributed by atoms with Gasteiger partial charge in [0.2, 0.25) is 0 Å². The standard InChI is InChI=1S/C23H21NO4/c1-27-23(26)21(18-8-4-2-5-9-18)24-22(25)19-14-12-17(13-15-19)16-28-20-10-6-3-7-11-20/h2-15,21H,16H2,1H3,(H,24,25). The van der Waals surface area contributed by atoms with Gasteiger partial charge in [-0.2, -0.15) is 0 Å². The van der Waals surface area contributed by atoms with Crippen LogP contribution in [0.25, 0.3) is 0 Å². The first-order chi connectivity index (χ1) is 13.7. The van der Waals surface area contributed by atoms with Crippen molar-refractivity contribution < 1.29 is 19.1 Å². The van der Waals surface area contributed by atoms with Gasteiger partial charge < -0.3 is 14.8 Å². The van der Waals surface area contributed by atoms with Gasteiger partial charge in [0.15, 0.2) is 6.04 Å². The minimum atomic E-state index is -0.861. The molecule has 0 aliphatic rings. The third kappa shape index (κ3) is 4.98. The Labute approximate surface area is 163 Å². The molecule has 28 heavy (non-hydrogen) atoms. The van der Waals surface area contributed by atoms with Crippen LogP contribution in [-0.2, 0) is 16.1 Å². The molecule has 1 N–H and O–H groups in total. The maximum absolute atomic E-state index is 12.6. The molecule has 0 fully saturated rings. The lowest BCUT2D eigenvalue weighted by molar-refractivity contribution is -0.143. The van der Waals surface area contributed by atoms with Crippen LogP contribution in [0, 0.1) is 0 Å². The number of benzene rings is 3. The third-order valence-electron chi connectivity index (χ3n) is 4.21. The summed E-state index contributed by atoms with van der Waals surface area (Å²) in [5, 5.41) is 2.73. The van der Waals surface area contributed by atoms with E-state index in [0.717, 1.165) is 11.3 Å². The molecule has 1 atom stereocenters. The van der Waals surface area contributed by atoms with E-state index in [-0.39, 0.29) is 5.91 Å². The zero-order valence-corrected chi connectivity index (χ0v) is 15.5. The van der Waals surface area contributed by atoms with E-state index >= 15 is 0 Å². The highest BCUT2D eigenvalue weighted by atomic mass is 16.5. The second-order valence-corrected chi connectivity index (χ2v) is 6.14. The number of nitrogens with one attached hydrogen (secondary N) is 1. The van der Waals surface area contributed by atoms with Crippen molar-refractivity contribution in [3.63, 3.8) is 0 Å². The first-order valence-corrected chi connectivity index (χ1v) is 8.88. The molecule has 0 heterocycles. The molecule has 0 spiro atoms. The maximum Gasteiger partial charge on any atom is 0.333 e. The summed E-state index contributed by atoms with van der Waals surface area (Å²) in [7, 11) is 1.30. The Bertz CT molecular complexity index is 908. The van der Waals surface area contributed by atoms with Gasteiger partial charge in [-0.3, -0.25) is 4.79 Å². The average Bonchev–Trinajstić information content (AvgIpc) is 2.77. The normalized spacial score (nSPS) is 11.3. The molecule has 3 aromatic carbocycles. The Kier molecular flexibility index (Phi) is 6.41. The van der Waals surface area contributed by atoms with Crippen molar-refractivity contribution in [3.8, 4) is 5.75 Å². The lowest BCUT2D eigenvalue weighted by Gasteiger charge is -2.17. The molecule has 1 unspecified atom stereocenters. The summed E-state index contributed by atoms with van der Waals surface area (Å²) in [6, 6.07) is 24.7. The molecule has 0 aromatic heterocycles. The Morgan fingerprint density at radius 3 is 2.07 bits per heavy atom. The lowest BCUT2D eigenvalue weighted by Crippen LogP contribution is -2.34. The summed E-state index contributed by atoms with van der Waals surface area (Å²) in [6.07, 6.45) is 0.